The van der Waals surface area contributed by atoms with E-state index in [0.717, 1.165) is 24.8 Å². The zero-order valence-corrected chi connectivity index (χ0v) is 28.6. The molecule has 0 radical (unpaired) electrons. The van der Waals surface area contributed by atoms with Crippen molar-refractivity contribution in [1.82, 2.24) is 9.80 Å². The number of carbonyl (C=O) groups excluding carboxylic acids is 2. The summed E-state index contributed by atoms with van der Waals surface area (Å²) >= 11 is 12.4. The summed E-state index contributed by atoms with van der Waals surface area (Å²) in [6.45, 7) is 7.89. The largest absolute Gasteiger partial charge is 0.490 e. The van der Waals surface area contributed by atoms with Gasteiger partial charge >= 0.3 is 0 Å². The molecule has 0 saturated heterocycles. The summed E-state index contributed by atoms with van der Waals surface area (Å²) in [5.41, 5.74) is 2.36. The molecule has 0 bridgehead atoms. The molecule has 3 aromatic carbocycles. The van der Waals surface area contributed by atoms with Gasteiger partial charge in [0, 0.05) is 43.4 Å². The number of halogens is 2. The van der Waals surface area contributed by atoms with Crippen molar-refractivity contribution in [1.29, 1.82) is 0 Å². The third-order valence-electron chi connectivity index (χ3n) is 8.27. The highest BCUT2D eigenvalue weighted by Gasteiger charge is 2.30. The molecule has 0 unspecified atom stereocenters. The minimum atomic E-state index is -0.467. The van der Waals surface area contributed by atoms with Crippen molar-refractivity contribution in [3.05, 3.63) is 93.5 Å². The van der Waals surface area contributed by atoms with Gasteiger partial charge in [-0.1, -0.05) is 54.4 Å². The molecule has 0 saturated carbocycles. The molecule has 0 aliphatic carbocycles. The number of benzene rings is 3. The molecule has 248 valence electrons. The van der Waals surface area contributed by atoms with Crippen molar-refractivity contribution in [2.24, 2.45) is 5.92 Å². The smallest absolute Gasteiger partial charge is 0.258 e. The number of aliphatic hydroxyl groups excluding tert-OH is 1. The van der Waals surface area contributed by atoms with Gasteiger partial charge in [0.1, 0.15) is 5.75 Å². The fourth-order valence-electron chi connectivity index (χ4n) is 5.58. The predicted octanol–water partition coefficient (Wildman–Crippen LogP) is 7.17. The van der Waals surface area contributed by atoms with Crippen LogP contribution in [0.4, 0.5) is 5.69 Å². The van der Waals surface area contributed by atoms with Crippen LogP contribution < -0.4 is 10.1 Å². The summed E-state index contributed by atoms with van der Waals surface area (Å²) < 4.78 is 12.8. The Balaban J connectivity index is 1.60. The van der Waals surface area contributed by atoms with Gasteiger partial charge in [-0.3, -0.25) is 14.5 Å². The van der Waals surface area contributed by atoms with Crippen molar-refractivity contribution >= 4 is 40.7 Å². The molecule has 10 heteroatoms. The van der Waals surface area contributed by atoms with E-state index in [9.17, 15) is 14.7 Å². The van der Waals surface area contributed by atoms with E-state index in [1.807, 2.05) is 39.1 Å². The highest BCUT2D eigenvalue weighted by molar-refractivity contribution is 6.42. The Morgan fingerprint density at radius 3 is 2.54 bits per heavy atom. The molecule has 4 rings (SSSR count). The molecule has 0 fully saturated rings. The minimum Gasteiger partial charge on any atom is -0.490 e. The lowest BCUT2D eigenvalue weighted by Crippen LogP contribution is -2.47. The zero-order chi connectivity index (χ0) is 33.2. The molecule has 3 aromatic rings. The summed E-state index contributed by atoms with van der Waals surface area (Å²) in [6.07, 6.45) is 2.25. The Bertz CT molecular complexity index is 1460. The average molecular weight is 671 g/mol. The highest BCUT2D eigenvalue weighted by atomic mass is 35.5. The van der Waals surface area contributed by atoms with E-state index in [1.165, 1.54) is 0 Å². The van der Waals surface area contributed by atoms with Crippen LogP contribution in [-0.2, 0) is 11.3 Å². The number of rotatable bonds is 8. The Labute approximate surface area is 282 Å². The number of fused-ring (bicyclic) bond motifs is 1. The van der Waals surface area contributed by atoms with Crippen molar-refractivity contribution in [3.8, 4) is 5.75 Å². The number of aliphatic hydroxyl groups is 1. The quantitative estimate of drug-likeness (QED) is 0.264. The Morgan fingerprint density at radius 2 is 1.83 bits per heavy atom. The number of hydrogen-bond donors (Lipinski definition) is 2. The lowest BCUT2D eigenvalue weighted by atomic mass is 10.0. The maximum absolute atomic E-state index is 14.3. The third-order valence-corrected chi connectivity index (χ3v) is 9.01. The molecule has 2 amide bonds. The Morgan fingerprint density at radius 1 is 1.07 bits per heavy atom. The highest BCUT2D eigenvalue weighted by Crippen LogP contribution is 2.29. The van der Waals surface area contributed by atoms with Gasteiger partial charge in [-0.05, 0) is 88.2 Å². The van der Waals surface area contributed by atoms with Crippen molar-refractivity contribution in [2.45, 2.75) is 64.8 Å². The van der Waals surface area contributed by atoms with E-state index in [-0.39, 0.29) is 36.5 Å². The van der Waals surface area contributed by atoms with Crippen LogP contribution in [-0.4, -0.2) is 78.3 Å². The summed E-state index contributed by atoms with van der Waals surface area (Å²) in [5.74, 6) is -0.181. The normalized spacial score (nSPS) is 20.4. The van der Waals surface area contributed by atoms with Crippen LogP contribution in [0.1, 0.15) is 66.3 Å². The van der Waals surface area contributed by atoms with Crippen LogP contribution in [0, 0.1) is 5.92 Å². The summed E-state index contributed by atoms with van der Waals surface area (Å²) in [6, 6.07) is 19.2. The van der Waals surface area contributed by atoms with Gasteiger partial charge in [0.2, 0.25) is 0 Å². The number of ether oxygens (including phenoxy) is 2. The lowest BCUT2D eigenvalue weighted by molar-refractivity contribution is -0.0177. The summed E-state index contributed by atoms with van der Waals surface area (Å²) in [5, 5.41) is 14.2. The standard InChI is InChI=1S/C36H45Cl2N3O5/c1-24-20-41(25(2)23-42)36(44)30-19-29(39-35(43)28-11-6-5-7-12-28)14-16-33(30)46-26(3)10-8-9-17-45-34(24)22-40(4)21-27-13-15-31(37)32(38)18-27/h5-7,11-16,18-19,24-26,34,42H,8-10,17,20-23H2,1-4H3,(H,39,43)/t24-,25+,26-,34+/m1/s1. The number of nitrogens with one attached hydrogen (secondary N) is 1. The Hall–Kier alpha value is -3.14. The topological polar surface area (TPSA) is 91.3 Å². The summed E-state index contributed by atoms with van der Waals surface area (Å²) in [4.78, 5) is 31.1. The van der Waals surface area contributed by atoms with Crippen LogP contribution in [0.25, 0.3) is 0 Å². The summed E-state index contributed by atoms with van der Waals surface area (Å²) in [7, 11) is 2.03. The monoisotopic (exact) mass is 669 g/mol. The first-order valence-corrected chi connectivity index (χ1v) is 16.6. The van der Waals surface area contributed by atoms with Gasteiger partial charge in [-0.2, -0.15) is 0 Å². The minimum absolute atomic E-state index is 0.0681. The average Bonchev–Trinajstić information content (AvgIpc) is 3.04. The molecule has 46 heavy (non-hydrogen) atoms. The van der Waals surface area contributed by atoms with Gasteiger partial charge in [0.15, 0.2) is 0 Å². The van der Waals surface area contributed by atoms with Crippen molar-refractivity contribution in [2.75, 3.05) is 38.7 Å². The van der Waals surface area contributed by atoms with Gasteiger partial charge < -0.3 is 24.8 Å². The molecule has 2 N–H and O–H groups in total. The molecule has 1 aliphatic rings. The maximum atomic E-state index is 14.3. The second-order valence-corrected chi connectivity index (χ2v) is 13.1. The second kappa shape index (κ2) is 17.1. The SMILES string of the molecule is C[C@@H]1CCCCO[C@@H](CN(C)Cc2ccc(Cl)c(Cl)c2)[C@H](C)CN([C@@H](C)CO)C(=O)c2cc(NC(=O)c3ccccc3)ccc2O1. The predicted molar refractivity (Wildman–Crippen MR) is 184 cm³/mol. The van der Waals surface area contributed by atoms with Gasteiger partial charge in [0.25, 0.3) is 11.8 Å². The van der Waals surface area contributed by atoms with Gasteiger partial charge in [-0.15, -0.1) is 0 Å². The molecular formula is C36H45Cl2N3O5. The lowest BCUT2D eigenvalue weighted by Gasteiger charge is -2.36. The van der Waals surface area contributed by atoms with Crippen LogP contribution in [0.3, 0.4) is 0 Å². The number of nitrogens with zero attached hydrogens (tertiary/aromatic N) is 2. The van der Waals surface area contributed by atoms with Crippen molar-refractivity contribution < 1.29 is 24.2 Å². The molecule has 0 aromatic heterocycles. The van der Waals surface area contributed by atoms with Gasteiger partial charge in [0.05, 0.1) is 40.5 Å². The van der Waals surface area contributed by atoms with Crippen LogP contribution in [0.15, 0.2) is 66.7 Å². The first-order valence-electron chi connectivity index (χ1n) is 15.9. The number of carbonyl (C=O) groups is 2. The van der Waals surface area contributed by atoms with E-state index in [0.29, 0.717) is 58.9 Å². The van der Waals surface area contributed by atoms with E-state index in [2.05, 4.69) is 17.1 Å². The van der Waals surface area contributed by atoms with Crippen molar-refractivity contribution in [3.63, 3.8) is 0 Å². The third kappa shape index (κ3) is 9.93. The maximum Gasteiger partial charge on any atom is 0.258 e. The van der Waals surface area contributed by atoms with Crippen LogP contribution in [0.2, 0.25) is 10.0 Å². The van der Waals surface area contributed by atoms with E-state index in [1.54, 1.807) is 53.4 Å². The molecular weight excluding hydrogens is 625 g/mol. The second-order valence-electron chi connectivity index (χ2n) is 12.3. The molecule has 1 heterocycles. The van der Waals surface area contributed by atoms with Gasteiger partial charge in [-0.25, -0.2) is 0 Å². The number of amides is 2. The first-order chi connectivity index (χ1) is 22.0. The number of anilines is 1. The fraction of sp³-hybridized carbons (Fsp3) is 0.444. The van der Waals surface area contributed by atoms with E-state index < -0.39 is 6.04 Å². The number of hydrogen-bond acceptors (Lipinski definition) is 6. The van der Waals surface area contributed by atoms with E-state index in [4.69, 9.17) is 32.7 Å². The van der Waals surface area contributed by atoms with Crippen LogP contribution >= 0.6 is 23.2 Å². The zero-order valence-electron chi connectivity index (χ0n) is 27.0. The van der Waals surface area contributed by atoms with E-state index >= 15 is 0 Å². The molecule has 4 atom stereocenters. The first kappa shape index (κ1) is 35.7. The van der Waals surface area contributed by atoms with Crippen LogP contribution in [0.5, 0.6) is 5.75 Å². The fourth-order valence-corrected chi connectivity index (χ4v) is 5.90. The molecule has 8 nitrogen and oxygen atoms in total. The Kier molecular flexibility index (Phi) is 13.3. The molecule has 0 spiro atoms. The molecule has 1 aliphatic heterocycles. The number of likely N-dealkylation sites (N-methyl/N-ethyl adjacent to an activating group) is 1.